The molecule has 3 rings (SSSR count). The maximum atomic E-state index is 13.7. The lowest BCUT2D eigenvalue weighted by Gasteiger charge is -2.22. The van der Waals surface area contributed by atoms with Crippen LogP contribution in [-0.4, -0.2) is 34.9 Å². The highest BCUT2D eigenvalue weighted by Crippen LogP contribution is 2.27. The summed E-state index contributed by atoms with van der Waals surface area (Å²) < 4.78 is 0. The minimum atomic E-state index is -0.596. The van der Waals surface area contributed by atoms with E-state index in [1.807, 2.05) is 24.3 Å². The molecule has 1 aromatic carbocycles. The van der Waals surface area contributed by atoms with Gasteiger partial charge >= 0.3 is 0 Å². The van der Waals surface area contributed by atoms with Crippen molar-refractivity contribution in [1.82, 2.24) is 9.97 Å². The zero-order chi connectivity index (χ0) is 24.3. The van der Waals surface area contributed by atoms with E-state index in [1.165, 1.54) is 11.0 Å². The highest BCUT2D eigenvalue weighted by atomic mass is 16.2. The minimum Gasteiger partial charge on any atom is -0.370 e. The predicted octanol–water partition coefficient (Wildman–Crippen LogP) is 4.98. The molecule has 0 aliphatic carbocycles. The molecule has 0 unspecified atom stereocenters. The van der Waals surface area contributed by atoms with Crippen molar-refractivity contribution >= 4 is 35.1 Å². The Morgan fingerprint density at radius 2 is 1.29 bits per heavy atom. The van der Waals surface area contributed by atoms with Gasteiger partial charge in [-0.25, -0.2) is 14.9 Å². The second kappa shape index (κ2) is 12.3. The Kier molecular flexibility index (Phi) is 8.96. The summed E-state index contributed by atoms with van der Waals surface area (Å²) in [6.07, 6.45) is 4.16. The van der Waals surface area contributed by atoms with Crippen molar-refractivity contribution in [3.05, 3.63) is 71.8 Å². The number of hydrogen-bond donors (Lipinski definition) is 3. The van der Waals surface area contributed by atoms with Gasteiger partial charge in [0.1, 0.15) is 23.3 Å². The van der Waals surface area contributed by atoms with Gasteiger partial charge in [0.25, 0.3) is 5.91 Å². The van der Waals surface area contributed by atoms with Crippen LogP contribution in [0.4, 0.5) is 23.3 Å². The normalized spacial score (nSPS) is 10.5. The number of primary amides is 1. The summed E-state index contributed by atoms with van der Waals surface area (Å²) in [5, 5.41) is 6.60. The van der Waals surface area contributed by atoms with Gasteiger partial charge < -0.3 is 16.4 Å². The number of hydrogen-bond acceptors (Lipinski definition) is 6. The van der Waals surface area contributed by atoms with Gasteiger partial charge in [-0.15, -0.1) is 0 Å². The molecule has 0 spiro atoms. The third-order valence-corrected chi connectivity index (χ3v) is 5.20. The Morgan fingerprint density at radius 3 is 1.79 bits per heavy atom. The van der Waals surface area contributed by atoms with Crippen LogP contribution in [0.5, 0.6) is 0 Å². The molecule has 0 aliphatic heterocycles. The van der Waals surface area contributed by atoms with Crippen LogP contribution in [0.3, 0.4) is 0 Å². The van der Waals surface area contributed by atoms with Gasteiger partial charge in [-0.1, -0.05) is 44.9 Å². The van der Waals surface area contributed by atoms with Crippen molar-refractivity contribution in [2.24, 2.45) is 5.73 Å². The fourth-order valence-corrected chi connectivity index (χ4v) is 3.34. The Bertz CT molecular complexity index is 1060. The van der Waals surface area contributed by atoms with E-state index in [4.69, 9.17) is 5.73 Å². The van der Waals surface area contributed by atoms with Crippen molar-refractivity contribution < 1.29 is 9.59 Å². The number of nitrogens with one attached hydrogen (secondary N) is 2. The first-order valence-electron chi connectivity index (χ1n) is 11.7. The molecule has 2 aromatic heterocycles. The number of amides is 2. The lowest BCUT2D eigenvalue weighted by molar-refractivity contribution is 0.0997. The molecule has 8 heteroatoms. The fraction of sp³-hybridized carbons (Fsp3) is 0.308. The zero-order valence-corrected chi connectivity index (χ0v) is 19.8. The average Bonchev–Trinajstić information content (AvgIpc) is 2.85. The number of benzene rings is 1. The van der Waals surface area contributed by atoms with E-state index in [9.17, 15) is 9.59 Å². The van der Waals surface area contributed by atoms with E-state index in [0.717, 1.165) is 38.8 Å². The Morgan fingerprint density at radius 1 is 0.794 bits per heavy atom. The summed E-state index contributed by atoms with van der Waals surface area (Å²) in [5.74, 6) is 1.24. The zero-order valence-electron chi connectivity index (χ0n) is 19.8. The summed E-state index contributed by atoms with van der Waals surface area (Å²) in [6.45, 7) is 5.83. The van der Waals surface area contributed by atoms with Gasteiger partial charge in [0.15, 0.2) is 0 Å². The molecular formula is C26H32N6O2. The molecule has 0 aliphatic rings. The van der Waals surface area contributed by atoms with Crippen LogP contribution in [-0.2, 0) is 0 Å². The molecule has 0 fully saturated rings. The average molecular weight is 461 g/mol. The number of carbonyl (C=O) groups is 2. The molecule has 0 radical (unpaired) electrons. The number of rotatable bonds is 12. The predicted molar refractivity (Wildman–Crippen MR) is 137 cm³/mol. The summed E-state index contributed by atoms with van der Waals surface area (Å²) >= 11 is 0. The summed E-state index contributed by atoms with van der Waals surface area (Å²) in [7, 11) is 0. The smallest absolute Gasteiger partial charge is 0.265 e. The lowest BCUT2D eigenvalue weighted by atomic mass is 10.1. The van der Waals surface area contributed by atoms with E-state index >= 15 is 0 Å². The van der Waals surface area contributed by atoms with Crippen LogP contribution in [0.25, 0.3) is 0 Å². The minimum absolute atomic E-state index is 0.261. The van der Waals surface area contributed by atoms with E-state index < -0.39 is 5.91 Å². The number of aromatic nitrogens is 2. The molecule has 2 amide bonds. The van der Waals surface area contributed by atoms with Gasteiger partial charge in [0, 0.05) is 24.2 Å². The highest BCUT2D eigenvalue weighted by molar-refractivity contribution is 6.11. The number of unbranched alkanes of at least 4 members (excludes halogenated alkanes) is 2. The van der Waals surface area contributed by atoms with Crippen LogP contribution in [0, 0.1) is 0 Å². The van der Waals surface area contributed by atoms with E-state index in [-0.39, 0.29) is 11.5 Å². The van der Waals surface area contributed by atoms with Crippen molar-refractivity contribution in [2.45, 2.75) is 39.5 Å². The van der Waals surface area contributed by atoms with Crippen LogP contribution in [0.2, 0.25) is 0 Å². The first-order chi connectivity index (χ1) is 16.5. The SMILES string of the molecule is CCCCNc1cccc(N(C(=O)c2cccc(C(N)=O)c2)c2cccc(NCCCC)n2)n1. The topological polar surface area (TPSA) is 113 Å². The molecule has 8 nitrogen and oxygen atoms in total. The van der Waals surface area contributed by atoms with Gasteiger partial charge in [-0.3, -0.25) is 9.59 Å². The lowest BCUT2D eigenvalue weighted by Crippen LogP contribution is -2.28. The number of pyridine rings is 2. The largest absolute Gasteiger partial charge is 0.370 e. The third kappa shape index (κ3) is 6.54. The van der Waals surface area contributed by atoms with Crippen molar-refractivity contribution in [1.29, 1.82) is 0 Å². The highest BCUT2D eigenvalue weighted by Gasteiger charge is 2.23. The Labute approximate surface area is 200 Å². The fourth-order valence-electron chi connectivity index (χ4n) is 3.34. The summed E-state index contributed by atoms with van der Waals surface area (Å²) in [6, 6.07) is 17.3. The van der Waals surface area contributed by atoms with Crippen LogP contribution >= 0.6 is 0 Å². The molecular weight excluding hydrogens is 428 g/mol. The Balaban J connectivity index is 2.01. The number of nitrogens with zero attached hydrogens (tertiary/aromatic N) is 3. The van der Waals surface area contributed by atoms with Gasteiger partial charge in [-0.2, -0.15) is 0 Å². The van der Waals surface area contributed by atoms with Crippen LogP contribution < -0.4 is 21.3 Å². The molecule has 0 saturated heterocycles. The maximum absolute atomic E-state index is 13.7. The number of carbonyl (C=O) groups excluding carboxylic acids is 2. The third-order valence-electron chi connectivity index (χ3n) is 5.20. The molecule has 0 bridgehead atoms. The number of anilines is 4. The van der Waals surface area contributed by atoms with Crippen LogP contribution in [0.1, 0.15) is 60.2 Å². The standard InChI is InChI=1S/C26H32N6O2/c1-3-5-16-28-21-12-8-14-23(30-21)32(24-15-9-13-22(31-24)29-17-6-4-2)26(34)20-11-7-10-19(18-20)25(27)33/h7-15,18H,3-6,16-17H2,1-2H3,(H2,27,33)(H,28,30)(H,29,31). The monoisotopic (exact) mass is 460 g/mol. The summed E-state index contributed by atoms with van der Waals surface area (Å²) in [4.78, 5) is 36.2. The summed E-state index contributed by atoms with van der Waals surface area (Å²) in [5.41, 5.74) is 6.01. The van der Waals surface area contributed by atoms with Crippen molar-refractivity contribution in [3.63, 3.8) is 0 Å². The molecule has 3 aromatic rings. The number of nitrogens with two attached hydrogens (primary N) is 1. The quantitative estimate of drug-likeness (QED) is 0.329. The first-order valence-corrected chi connectivity index (χ1v) is 11.7. The maximum Gasteiger partial charge on any atom is 0.265 e. The molecule has 0 saturated carbocycles. The van der Waals surface area contributed by atoms with Gasteiger partial charge in [0.05, 0.1) is 0 Å². The van der Waals surface area contributed by atoms with Crippen molar-refractivity contribution in [2.75, 3.05) is 28.6 Å². The van der Waals surface area contributed by atoms with E-state index in [0.29, 0.717) is 28.8 Å². The van der Waals surface area contributed by atoms with E-state index in [1.54, 1.807) is 30.3 Å². The Hall–Kier alpha value is -3.94. The van der Waals surface area contributed by atoms with Gasteiger partial charge in [-0.05, 0) is 55.3 Å². The van der Waals surface area contributed by atoms with Crippen molar-refractivity contribution in [3.8, 4) is 0 Å². The molecule has 0 atom stereocenters. The second-order valence-electron chi connectivity index (χ2n) is 7.91. The molecule has 34 heavy (non-hydrogen) atoms. The van der Waals surface area contributed by atoms with Crippen LogP contribution in [0.15, 0.2) is 60.7 Å². The van der Waals surface area contributed by atoms with Gasteiger partial charge in [0.2, 0.25) is 5.91 Å². The molecule has 2 heterocycles. The molecule has 4 N–H and O–H groups in total. The second-order valence-corrected chi connectivity index (χ2v) is 7.91. The molecule has 178 valence electrons. The first kappa shape index (κ1) is 24.7. The van der Waals surface area contributed by atoms with E-state index in [2.05, 4.69) is 34.4 Å².